The molecule has 0 aromatic heterocycles. The fourth-order valence-corrected chi connectivity index (χ4v) is 2.85. The van der Waals surface area contributed by atoms with E-state index in [0.717, 1.165) is 31.5 Å². The predicted octanol–water partition coefficient (Wildman–Crippen LogP) is 3.21. The van der Waals surface area contributed by atoms with Crippen LogP contribution in [0.4, 0.5) is 5.69 Å². The number of hydrogen-bond donors (Lipinski definition) is 2. The van der Waals surface area contributed by atoms with Gasteiger partial charge in [0.15, 0.2) is 0 Å². The molecule has 1 aliphatic heterocycles. The van der Waals surface area contributed by atoms with Gasteiger partial charge in [-0.25, -0.2) is 0 Å². The first-order valence-corrected chi connectivity index (χ1v) is 8.57. The molecular formula is C20H25ClN2O2. The van der Waals surface area contributed by atoms with Gasteiger partial charge in [-0.3, -0.25) is 4.79 Å². The number of morpholine rings is 1. The van der Waals surface area contributed by atoms with E-state index in [1.54, 1.807) is 0 Å². The second-order valence-electron chi connectivity index (χ2n) is 6.09. The molecule has 2 aromatic carbocycles. The molecule has 0 radical (unpaired) electrons. The van der Waals surface area contributed by atoms with E-state index in [-0.39, 0.29) is 18.3 Å². The third-order valence-electron chi connectivity index (χ3n) is 4.22. The first-order chi connectivity index (χ1) is 11.8. The smallest absolute Gasteiger partial charge is 0.254 e. The number of aryl methyl sites for hydroxylation is 2. The monoisotopic (exact) mass is 360 g/mol. The summed E-state index contributed by atoms with van der Waals surface area (Å²) in [5.74, 6) is -0.0842. The maximum atomic E-state index is 12.1. The number of ether oxygens (including phenoxy) is 1. The summed E-state index contributed by atoms with van der Waals surface area (Å²) < 4.78 is 5.46. The van der Waals surface area contributed by atoms with Crippen molar-refractivity contribution in [1.29, 1.82) is 0 Å². The molecule has 1 unspecified atom stereocenters. The van der Waals surface area contributed by atoms with Crippen LogP contribution in [0, 0.1) is 0 Å². The Kier molecular flexibility index (Phi) is 7.92. The molecular weight excluding hydrogens is 336 g/mol. The summed E-state index contributed by atoms with van der Waals surface area (Å²) >= 11 is 0. The number of carbonyl (C=O) groups excluding carboxylic acids is 1. The van der Waals surface area contributed by atoms with Crippen LogP contribution in [0.5, 0.6) is 0 Å². The lowest BCUT2D eigenvalue weighted by Crippen LogP contribution is -2.45. The summed E-state index contributed by atoms with van der Waals surface area (Å²) in [6.45, 7) is 1.96. The highest BCUT2D eigenvalue weighted by atomic mass is 35.5. The Labute approximate surface area is 155 Å². The number of amides is 1. The van der Waals surface area contributed by atoms with Gasteiger partial charge in [0.1, 0.15) is 6.10 Å². The number of nitrogens with one attached hydrogen (secondary N) is 2. The van der Waals surface area contributed by atoms with Crippen molar-refractivity contribution in [3.05, 3.63) is 65.7 Å². The van der Waals surface area contributed by atoms with E-state index >= 15 is 0 Å². The molecule has 2 aromatic rings. The van der Waals surface area contributed by atoms with E-state index in [4.69, 9.17) is 4.74 Å². The van der Waals surface area contributed by atoms with Gasteiger partial charge in [0, 0.05) is 18.8 Å². The van der Waals surface area contributed by atoms with Crippen LogP contribution in [0.3, 0.4) is 0 Å². The molecule has 134 valence electrons. The largest absolute Gasteiger partial charge is 0.366 e. The molecule has 1 saturated heterocycles. The molecule has 1 heterocycles. The Morgan fingerprint density at radius 3 is 2.36 bits per heavy atom. The first-order valence-electron chi connectivity index (χ1n) is 8.57. The molecule has 0 aliphatic carbocycles. The first kappa shape index (κ1) is 19.4. The van der Waals surface area contributed by atoms with Crippen molar-refractivity contribution < 1.29 is 9.53 Å². The minimum atomic E-state index is -0.399. The van der Waals surface area contributed by atoms with Gasteiger partial charge in [0.25, 0.3) is 5.91 Å². The molecule has 5 heteroatoms. The quantitative estimate of drug-likeness (QED) is 0.831. The molecule has 1 aliphatic rings. The van der Waals surface area contributed by atoms with E-state index in [1.807, 2.05) is 18.2 Å². The summed E-state index contributed by atoms with van der Waals surface area (Å²) in [6.07, 6.45) is 2.85. The molecule has 1 atom stereocenters. The van der Waals surface area contributed by atoms with Crippen molar-refractivity contribution in [3.8, 4) is 0 Å². The van der Waals surface area contributed by atoms with Crippen LogP contribution < -0.4 is 10.6 Å². The van der Waals surface area contributed by atoms with Crippen LogP contribution in [0.2, 0.25) is 0 Å². The van der Waals surface area contributed by atoms with E-state index in [9.17, 15) is 4.79 Å². The molecule has 1 fully saturated rings. The molecule has 2 N–H and O–H groups in total. The van der Waals surface area contributed by atoms with Crippen molar-refractivity contribution in [3.63, 3.8) is 0 Å². The van der Waals surface area contributed by atoms with E-state index in [2.05, 4.69) is 47.0 Å². The van der Waals surface area contributed by atoms with Crippen LogP contribution in [0.25, 0.3) is 0 Å². The molecule has 0 saturated carbocycles. The standard InChI is InChI=1S/C20H24N2O2.ClH/c23-20(19-15-21-13-14-24-19)22-18-11-9-17(10-12-18)8-4-7-16-5-2-1-3-6-16;/h1-3,5-6,9-12,19,21H,4,7-8,13-15H2,(H,22,23);1H. The summed E-state index contributed by atoms with van der Waals surface area (Å²) in [4.78, 5) is 12.1. The summed E-state index contributed by atoms with van der Waals surface area (Å²) in [6, 6.07) is 18.6. The van der Waals surface area contributed by atoms with Crippen molar-refractivity contribution in [2.45, 2.75) is 25.4 Å². The second kappa shape index (κ2) is 10.2. The Bertz CT molecular complexity index is 641. The Morgan fingerprint density at radius 2 is 1.72 bits per heavy atom. The van der Waals surface area contributed by atoms with Crippen molar-refractivity contribution >= 4 is 24.0 Å². The third-order valence-corrected chi connectivity index (χ3v) is 4.22. The average Bonchev–Trinajstić information content (AvgIpc) is 2.65. The number of halogens is 1. The molecule has 0 bridgehead atoms. The Morgan fingerprint density at radius 1 is 1.04 bits per heavy atom. The molecule has 3 rings (SSSR count). The van der Waals surface area contributed by atoms with Crippen molar-refractivity contribution in [1.82, 2.24) is 5.32 Å². The van der Waals surface area contributed by atoms with Gasteiger partial charge in [0.2, 0.25) is 0 Å². The lowest BCUT2D eigenvalue weighted by atomic mass is 10.0. The fourth-order valence-electron chi connectivity index (χ4n) is 2.85. The molecule has 1 amide bonds. The molecule has 0 spiro atoms. The maximum Gasteiger partial charge on any atom is 0.254 e. The van der Waals surface area contributed by atoms with Crippen LogP contribution >= 0.6 is 12.4 Å². The zero-order chi connectivity index (χ0) is 16.6. The number of benzene rings is 2. The van der Waals surface area contributed by atoms with E-state index in [1.165, 1.54) is 11.1 Å². The zero-order valence-electron chi connectivity index (χ0n) is 14.2. The highest BCUT2D eigenvalue weighted by Gasteiger charge is 2.21. The summed E-state index contributed by atoms with van der Waals surface area (Å²) in [5.41, 5.74) is 3.49. The van der Waals surface area contributed by atoms with Crippen LogP contribution in [0.15, 0.2) is 54.6 Å². The number of hydrogen-bond acceptors (Lipinski definition) is 3. The second-order valence-corrected chi connectivity index (χ2v) is 6.09. The fraction of sp³-hybridized carbons (Fsp3) is 0.350. The minimum absolute atomic E-state index is 0. The van der Waals surface area contributed by atoms with Gasteiger partial charge in [-0.2, -0.15) is 0 Å². The predicted molar refractivity (Wildman–Crippen MR) is 103 cm³/mol. The third kappa shape index (κ3) is 6.16. The number of anilines is 1. The van der Waals surface area contributed by atoms with Crippen molar-refractivity contribution in [2.24, 2.45) is 0 Å². The van der Waals surface area contributed by atoms with Crippen LogP contribution in [0.1, 0.15) is 17.5 Å². The lowest BCUT2D eigenvalue weighted by Gasteiger charge is -2.22. The van der Waals surface area contributed by atoms with Gasteiger partial charge in [-0.15, -0.1) is 12.4 Å². The van der Waals surface area contributed by atoms with Gasteiger partial charge in [0.05, 0.1) is 6.61 Å². The van der Waals surface area contributed by atoms with Gasteiger partial charge in [-0.1, -0.05) is 42.5 Å². The zero-order valence-corrected chi connectivity index (χ0v) is 15.1. The summed E-state index contributed by atoms with van der Waals surface area (Å²) in [5, 5.41) is 6.08. The lowest BCUT2D eigenvalue weighted by molar-refractivity contribution is -0.128. The van der Waals surface area contributed by atoms with Gasteiger partial charge in [-0.05, 0) is 42.5 Å². The van der Waals surface area contributed by atoms with E-state index < -0.39 is 6.10 Å². The van der Waals surface area contributed by atoms with Gasteiger partial charge >= 0.3 is 0 Å². The highest BCUT2D eigenvalue weighted by Crippen LogP contribution is 2.13. The van der Waals surface area contributed by atoms with E-state index in [0.29, 0.717) is 13.2 Å². The Balaban J connectivity index is 0.00000225. The highest BCUT2D eigenvalue weighted by molar-refractivity contribution is 5.94. The average molecular weight is 361 g/mol. The maximum absolute atomic E-state index is 12.1. The SMILES string of the molecule is Cl.O=C(Nc1ccc(CCCc2ccccc2)cc1)C1CNCCO1. The minimum Gasteiger partial charge on any atom is -0.366 e. The molecule has 4 nitrogen and oxygen atoms in total. The number of rotatable bonds is 6. The molecule has 25 heavy (non-hydrogen) atoms. The number of carbonyl (C=O) groups is 1. The summed E-state index contributed by atoms with van der Waals surface area (Å²) in [7, 11) is 0. The van der Waals surface area contributed by atoms with Gasteiger partial charge < -0.3 is 15.4 Å². The van der Waals surface area contributed by atoms with Crippen LogP contribution in [-0.4, -0.2) is 31.7 Å². The van der Waals surface area contributed by atoms with Crippen molar-refractivity contribution in [2.75, 3.05) is 25.0 Å². The topological polar surface area (TPSA) is 50.4 Å². The normalized spacial score (nSPS) is 16.7. The van der Waals surface area contributed by atoms with Crippen LogP contribution in [-0.2, 0) is 22.4 Å². The Hall–Kier alpha value is -1.88.